The molecule has 5 heteroatoms. The third-order valence-electron chi connectivity index (χ3n) is 0. The Balaban J connectivity index is -0.0000000400. The monoisotopic (exact) mass is 313 g/mol. The summed E-state index contributed by atoms with van der Waals surface area (Å²) in [5.41, 5.74) is 0. The molecule has 2 nitrogen and oxygen atoms in total. The third-order valence-corrected chi connectivity index (χ3v) is 0. The van der Waals surface area contributed by atoms with Crippen LogP contribution in [0.5, 0.6) is 0 Å². The molecule has 0 aliphatic rings. The molecule has 0 heterocycles. The van der Waals surface area contributed by atoms with Crippen LogP contribution in [-0.2, 0) is 47.6 Å². The van der Waals surface area contributed by atoms with Crippen molar-refractivity contribution in [2.75, 3.05) is 0 Å². The van der Waals surface area contributed by atoms with Crippen LogP contribution in [-0.4, -0.2) is 0 Å². The van der Waals surface area contributed by atoms with E-state index in [-0.39, 0.29) is 22.4 Å². The summed E-state index contributed by atoms with van der Waals surface area (Å²) in [6.45, 7) is 0. The van der Waals surface area contributed by atoms with Gasteiger partial charge in [-0.25, -0.2) is 10.5 Å². The van der Waals surface area contributed by atoms with E-state index in [2.05, 4.69) is 25.3 Å². The Bertz CT molecular complexity index is 68.7. The first-order valence-corrected chi connectivity index (χ1v) is 1.67. The van der Waals surface area contributed by atoms with Crippen LogP contribution >= 0.6 is 0 Å². The fraction of sp³-hybridized carbons (Fsp3) is 0. The van der Waals surface area contributed by atoms with E-state index in [9.17, 15) is 0 Å². The zero-order valence-corrected chi connectivity index (χ0v) is 6.81. The SMILES string of the molecule is N#C[S-].N#C[S-].[Au]. The van der Waals surface area contributed by atoms with Gasteiger partial charge in [-0.1, -0.05) is 10.8 Å². The topological polar surface area (TPSA) is 47.6 Å². The Kier molecular flexibility index (Phi) is 78.8. The average molecular weight is 313 g/mol. The summed E-state index contributed by atoms with van der Waals surface area (Å²) in [6, 6.07) is 0. The molecule has 0 unspecified atom stereocenters. The van der Waals surface area contributed by atoms with Crippen molar-refractivity contribution in [3.05, 3.63) is 0 Å². The second-order valence-electron chi connectivity index (χ2n) is 0.183. The second kappa shape index (κ2) is 35.2. The fourth-order valence-corrected chi connectivity index (χ4v) is 0. The van der Waals surface area contributed by atoms with Crippen molar-refractivity contribution >= 4 is 25.3 Å². The van der Waals surface area contributed by atoms with Gasteiger partial charge in [0.2, 0.25) is 0 Å². The maximum Gasteiger partial charge on any atom is 0 e. The van der Waals surface area contributed by atoms with Crippen LogP contribution in [0.4, 0.5) is 0 Å². The smallest absolute Gasteiger partial charge is 0 e. The Morgan fingerprint density at radius 2 is 1.00 bits per heavy atom. The number of hydrogen-bond donors (Lipinski definition) is 0. The maximum atomic E-state index is 7.13. The zero-order valence-electron chi connectivity index (χ0n) is 3.01. The van der Waals surface area contributed by atoms with Crippen LogP contribution in [0.25, 0.3) is 0 Å². The van der Waals surface area contributed by atoms with Gasteiger partial charge in [0, 0.05) is 22.4 Å². The Morgan fingerprint density at radius 1 is 1.00 bits per heavy atom. The molecule has 0 amide bonds. The van der Waals surface area contributed by atoms with E-state index in [4.69, 9.17) is 10.5 Å². The molecule has 0 atom stereocenters. The van der Waals surface area contributed by atoms with Crippen LogP contribution in [0.1, 0.15) is 0 Å². The van der Waals surface area contributed by atoms with Gasteiger partial charge in [-0.15, -0.1) is 0 Å². The van der Waals surface area contributed by atoms with E-state index in [0.717, 1.165) is 0 Å². The van der Waals surface area contributed by atoms with Crippen LogP contribution in [0.2, 0.25) is 0 Å². The molecule has 0 saturated heterocycles. The molecule has 0 fully saturated rings. The summed E-state index contributed by atoms with van der Waals surface area (Å²) in [6.07, 6.45) is 0. The molecule has 0 rings (SSSR count). The predicted molar refractivity (Wildman–Crippen MR) is 26.0 cm³/mol. The zero-order chi connectivity index (χ0) is 5.41. The Labute approximate surface area is 68.8 Å². The van der Waals surface area contributed by atoms with Gasteiger partial charge < -0.3 is 25.3 Å². The van der Waals surface area contributed by atoms with E-state index in [1.54, 1.807) is 0 Å². The number of thiocyanates is 2. The first-order chi connectivity index (χ1) is 2.83. The summed E-state index contributed by atoms with van der Waals surface area (Å²) >= 11 is 7.40. The van der Waals surface area contributed by atoms with Crippen molar-refractivity contribution in [3.63, 3.8) is 0 Å². The molecule has 0 N–H and O–H groups in total. The second-order valence-corrected chi connectivity index (χ2v) is 0.548. The minimum absolute atomic E-state index is 0. The molecule has 43 valence electrons. The van der Waals surface area contributed by atoms with Gasteiger partial charge in [0.25, 0.3) is 0 Å². The number of hydrogen-bond acceptors (Lipinski definition) is 4. The molecule has 0 aromatic carbocycles. The van der Waals surface area contributed by atoms with Crippen molar-refractivity contribution in [2.45, 2.75) is 0 Å². The van der Waals surface area contributed by atoms with Gasteiger partial charge in [0.15, 0.2) is 0 Å². The van der Waals surface area contributed by atoms with Crippen molar-refractivity contribution < 1.29 is 22.4 Å². The molecule has 0 aliphatic heterocycles. The molecular formula is C2AuN2S2-2. The molecule has 7 heavy (non-hydrogen) atoms. The van der Waals surface area contributed by atoms with E-state index in [1.165, 1.54) is 10.8 Å². The van der Waals surface area contributed by atoms with Crippen LogP contribution in [0, 0.1) is 21.3 Å². The van der Waals surface area contributed by atoms with E-state index >= 15 is 0 Å². The summed E-state index contributed by atoms with van der Waals surface area (Å²) < 4.78 is 0. The molecule has 0 aromatic heterocycles. The molecule has 0 bridgehead atoms. The van der Waals surface area contributed by atoms with Crippen molar-refractivity contribution in [1.29, 1.82) is 10.5 Å². The third kappa shape index (κ3) is 4150. The van der Waals surface area contributed by atoms with E-state index < -0.39 is 0 Å². The van der Waals surface area contributed by atoms with Gasteiger partial charge in [-0.05, 0) is 0 Å². The molecule has 1 radical (unpaired) electrons. The molecular weight excluding hydrogens is 313 g/mol. The minimum atomic E-state index is 0. The predicted octanol–water partition coefficient (Wildman–Crippen LogP) is 0.0263. The largest absolute Gasteiger partial charge is 0.696 e. The van der Waals surface area contributed by atoms with E-state index in [0.29, 0.717) is 0 Å². The summed E-state index contributed by atoms with van der Waals surface area (Å²) in [4.78, 5) is 0. The van der Waals surface area contributed by atoms with Gasteiger partial charge in [-0.3, -0.25) is 0 Å². The molecule has 0 aliphatic carbocycles. The van der Waals surface area contributed by atoms with Crippen molar-refractivity contribution in [2.24, 2.45) is 0 Å². The average Bonchev–Trinajstić information content (AvgIpc) is 1.39. The Hall–Kier alpha value is 0.160. The first kappa shape index (κ1) is 15.7. The molecule has 0 aromatic rings. The standard InChI is InChI=1S/2CHNS.Au/c2*2-1-3;/h2*3H;/p-2. The van der Waals surface area contributed by atoms with Gasteiger partial charge in [0.05, 0.1) is 0 Å². The van der Waals surface area contributed by atoms with E-state index in [1.807, 2.05) is 0 Å². The number of rotatable bonds is 0. The first-order valence-electron chi connectivity index (χ1n) is 0.855. The number of nitrogens with zero attached hydrogens (tertiary/aromatic N) is 2. The minimum Gasteiger partial charge on any atom is -0.696 e. The van der Waals surface area contributed by atoms with Crippen molar-refractivity contribution in [3.8, 4) is 10.8 Å². The molecule has 0 spiro atoms. The van der Waals surface area contributed by atoms with Crippen LogP contribution in [0.15, 0.2) is 0 Å². The normalized spacial score (nSPS) is 2.00. The van der Waals surface area contributed by atoms with Gasteiger partial charge in [0.1, 0.15) is 0 Å². The molecule has 0 saturated carbocycles. The summed E-state index contributed by atoms with van der Waals surface area (Å²) in [7, 11) is 0. The fourth-order valence-electron chi connectivity index (χ4n) is 0. The summed E-state index contributed by atoms with van der Waals surface area (Å²) in [5, 5.41) is 16.9. The maximum absolute atomic E-state index is 7.13. The number of nitriles is 2. The van der Waals surface area contributed by atoms with Gasteiger partial charge >= 0.3 is 0 Å². The van der Waals surface area contributed by atoms with Crippen LogP contribution < -0.4 is 0 Å². The van der Waals surface area contributed by atoms with Crippen LogP contribution in [0.3, 0.4) is 0 Å². The quantitative estimate of drug-likeness (QED) is 0.360. The Morgan fingerprint density at radius 3 is 1.00 bits per heavy atom. The summed E-state index contributed by atoms with van der Waals surface area (Å²) in [5.74, 6) is 0. The van der Waals surface area contributed by atoms with Crippen molar-refractivity contribution in [1.82, 2.24) is 0 Å². The van der Waals surface area contributed by atoms with Gasteiger partial charge in [-0.2, -0.15) is 0 Å².